The number of carbonyl (C=O) groups excluding carboxylic acids is 3. The Morgan fingerprint density at radius 2 is 1.77 bits per heavy atom. The SMILES string of the molecule is C#CCOc1c(CC=C)cc(/C=C2\C(=O)NC(=O)N(c3ccc(OCc4ccccc4)cc3)C2=O)cc1OC. The number of methoxy groups -OCH3 is 1. The van der Waals surface area contributed by atoms with E-state index in [1.807, 2.05) is 30.3 Å². The van der Waals surface area contributed by atoms with Crippen LogP contribution >= 0.6 is 0 Å². The zero-order chi connectivity index (χ0) is 27.8. The summed E-state index contributed by atoms with van der Waals surface area (Å²) < 4.78 is 16.9. The fourth-order valence-electron chi connectivity index (χ4n) is 3.99. The molecule has 1 heterocycles. The molecule has 3 aromatic rings. The number of carbonyl (C=O) groups is 3. The second-order valence-corrected chi connectivity index (χ2v) is 8.42. The van der Waals surface area contributed by atoms with Gasteiger partial charge in [-0.05, 0) is 60.0 Å². The second-order valence-electron chi connectivity index (χ2n) is 8.42. The van der Waals surface area contributed by atoms with Gasteiger partial charge >= 0.3 is 6.03 Å². The maximum absolute atomic E-state index is 13.4. The second kappa shape index (κ2) is 12.3. The number of urea groups is 1. The minimum absolute atomic E-state index is 0.0367. The van der Waals surface area contributed by atoms with Gasteiger partial charge in [0.1, 0.15) is 24.5 Å². The Kier molecular flexibility index (Phi) is 8.44. The third-order valence-corrected chi connectivity index (χ3v) is 5.79. The number of barbiturate groups is 1. The summed E-state index contributed by atoms with van der Waals surface area (Å²) in [5.41, 5.74) is 2.26. The Hall–Kier alpha value is -5.29. The number of terminal acetylenes is 1. The molecular formula is C31H26N2O6. The van der Waals surface area contributed by atoms with Gasteiger partial charge in [-0.1, -0.05) is 42.3 Å². The van der Waals surface area contributed by atoms with Crippen molar-refractivity contribution in [3.05, 3.63) is 102 Å². The van der Waals surface area contributed by atoms with Crippen LogP contribution < -0.4 is 24.4 Å². The smallest absolute Gasteiger partial charge is 0.335 e. The maximum Gasteiger partial charge on any atom is 0.335 e. The molecule has 0 atom stereocenters. The van der Waals surface area contributed by atoms with Gasteiger partial charge in [-0.25, -0.2) is 9.69 Å². The molecule has 3 aromatic carbocycles. The predicted octanol–water partition coefficient (Wildman–Crippen LogP) is 4.68. The van der Waals surface area contributed by atoms with Crippen LogP contribution in [0.15, 0.2) is 85.0 Å². The highest BCUT2D eigenvalue weighted by Crippen LogP contribution is 2.35. The standard InChI is InChI=1S/C31H26N2O6/c1-4-9-23-17-22(19-27(37-3)28(23)38-16-5-2)18-26-29(34)32-31(36)33(30(26)35)24-12-14-25(15-13-24)39-20-21-10-7-6-8-11-21/h2,4,6-8,10-15,17-19H,1,9,16,20H2,3H3,(H,32,34,36)/b26-18+. The maximum atomic E-state index is 13.4. The minimum Gasteiger partial charge on any atom is -0.493 e. The van der Waals surface area contributed by atoms with Crippen LogP contribution in [0.25, 0.3) is 6.08 Å². The molecule has 8 nitrogen and oxygen atoms in total. The summed E-state index contributed by atoms with van der Waals surface area (Å²) in [6.45, 7) is 4.17. The van der Waals surface area contributed by atoms with Gasteiger partial charge in [0, 0.05) is 5.56 Å². The first kappa shape index (κ1) is 26.8. The summed E-state index contributed by atoms with van der Waals surface area (Å²) in [5, 5.41) is 2.23. The fraction of sp³-hybridized carbons (Fsp3) is 0.129. The molecule has 1 fully saturated rings. The van der Waals surface area contributed by atoms with Crippen molar-refractivity contribution in [1.82, 2.24) is 5.32 Å². The molecule has 0 spiro atoms. The number of benzene rings is 3. The number of anilines is 1. The molecule has 4 amide bonds. The number of amides is 4. The largest absolute Gasteiger partial charge is 0.493 e. The van der Waals surface area contributed by atoms with Gasteiger partial charge in [0.25, 0.3) is 11.8 Å². The number of hydrogen-bond donors (Lipinski definition) is 1. The van der Waals surface area contributed by atoms with E-state index in [9.17, 15) is 14.4 Å². The minimum atomic E-state index is -0.844. The topological polar surface area (TPSA) is 94.2 Å². The summed E-state index contributed by atoms with van der Waals surface area (Å²) in [6.07, 6.45) is 8.83. The van der Waals surface area contributed by atoms with Crippen molar-refractivity contribution in [2.24, 2.45) is 0 Å². The van der Waals surface area contributed by atoms with E-state index in [0.29, 0.717) is 41.4 Å². The zero-order valence-electron chi connectivity index (χ0n) is 21.3. The lowest BCUT2D eigenvalue weighted by atomic mass is 10.0. The summed E-state index contributed by atoms with van der Waals surface area (Å²) in [5.74, 6) is 2.23. The number of imide groups is 2. The van der Waals surface area contributed by atoms with E-state index >= 15 is 0 Å². The van der Waals surface area contributed by atoms with Crippen LogP contribution in [-0.4, -0.2) is 31.6 Å². The molecule has 0 radical (unpaired) electrons. The quantitative estimate of drug-likeness (QED) is 0.180. The number of ether oxygens (including phenoxy) is 3. The zero-order valence-corrected chi connectivity index (χ0v) is 21.3. The molecule has 0 unspecified atom stereocenters. The average molecular weight is 523 g/mol. The van der Waals surface area contributed by atoms with Crippen molar-refractivity contribution >= 4 is 29.6 Å². The first-order chi connectivity index (χ1) is 18.9. The van der Waals surface area contributed by atoms with Crippen molar-refractivity contribution in [3.63, 3.8) is 0 Å². The molecule has 0 saturated carbocycles. The number of allylic oxidation sites excluding steroid dienone is 1. The number of nitrogens with one attached hydrogen (secondary N) is 1. The normalized spacial score (nSPS) is 14.0. The highest BCUT2D eigenvalue weighted by molar-refractivity contribution is 6.39. The molecule has 8 heteroatoms. The number of hydrogen-bond acceptors (Lipinski definition) is 6. The summed E-state index contributed by atoms with van der Waals surface area (Å²) in [6, 6.07) is 18.6. The molecule has 196 valence electrons. The van der Waals surface area contributed by atoms with E-state index in [4.69, 9.17) is 20.6 Å². The Morgan fingerprint density at radius 1 is 1.03 bits per heavy atom. The van der Waals surface area contributed by atoms with Crippen molar-refractivity contribution in [3.8, 4) is 29.6 Å². The third-order valence-electron chi connectivity index (χ3n) is 5.79. The molecule has 0 bridgehead atoms. The van der Waals surface area contributed by atoms with Crippen molar-refractivity contribution in [2.45, 2.75) is 13.0 Å². The molecule has 1 aliphatic heterocycles. The van der Waals surface area contributed by atoms with Gasteiger partial charge < -0.3 is 14.2 Å². The Labute approximate surface area is 226 Å². The lowest BCUT2D eigenvalue weighted by Crippen LogP contribution is -2.54. The van der Waals surface area contributed by atoms with Gasteiger partial charge in [0.2, 0.25) is 0 Å². The molecule has 0 aromatic heterocycles. The van der Waals surface area contributed by atoms with Crippen molar-refractivity contribution < 1.29 is 28.6 Å². The van der Waals surface area contributed by atoms with E-state index in [1.165, 1.54) is 13.2 Å². The van der Waals surface area contributed by atoms with Gasteiger partial charge in [0.15, 0.2) is 11.5 Å². The molecule has 4 rings (SSSR count). The van der Waals surface area contributed by atoms with Crippen LogP contribution in [0.1, 0.15) is 16.7 Å². The summed E-state index contributed by atoms with van der Waals surface area (Å²) in [7, 11) is 1.47. The lowest BCUT2D eigenvalue weighted by molar-refractivity contribution is -0.122. The van der Waals surface area contributed by atoms with E-state index < -0.39 is 17.8 Å². The Morgan fingerprint density at radius 3 is 2.44 bits per heavy atom. The van der Waals surface area contributed by atoms with Gasteiger partial charge in [-0.15, -0.1) is 13.0 Å². The fourth-order valence-corrected chi connectivity index (χ4v) is 3.99. The van der Waals surface area contributed by atoms with Crippen LogP contribution in [0.2, 0.25) is 0 Å². The van der Waals surface area contributed by atoms with Gasteiger partial charge in [-0.3, -0.25) is 14.9 Å². The molecule has 1 N–H and O–H groups in total. The molecular weight excluding hydrogens is 496 g/mol. The third kappa shape index (κ3) is 6.17. The van der Waals surface area contributed by atoms with E-state index in [0.717, 1.165) is 10.5 Å². The van der Waals surface area contributed by atoms with Crippen LogP contribution in [0, 0.1) is 12.3 Å². The van der Waals surface area contributed by atoms with Gasteiger partial charge in [0.05, 0.1) is 12.8 Å². The average Bonchev–Trinajstić information content (AvgIpc) is 2.94. The van der Waals surface area contributed by atoms with Crippen molar-refractivity contribution in [1.29, 1.82) is 0 Å². The summed E-state index contributed by atoms with van der Waals surface area (Å²) >= 11 is 0. The van der Waals surface area contributed by atoms with Crippen LogP contribution in [-0.2, 0) is 22.6 Å². The van der Waals surface area contributed by atoms with E-state index in [-0.39, 0.29) is 17.9 Å². The highest BCUT2D eigenvalue weighted by atomic mass is 16.5. The summed E-state index contributed by atoms with van der Waals surface area (Å²) in [4.78, 5) is 39.6. The predicted molar refractivity (Wildman–Crippen MR) is 147 cm³/mol. The van der Waals surface area contributed by atoms with Crippen LogP contribution in [0.4, 0.5) is 10.5 Å². The van der Waals surface area contributed by atoms with E-state index in [1.54, 1.807) is 42.5 Å². The molecule has 0 aliphatic carbocycles. The Balaban J connectivity index is 1.60. The van der Waals surface area contributed by atoms with Gasteiger partial charge in [-0.2, -0.15) is 0 Å². The number of rotatable bonds is 10. The van der Waals surface area contributed by atoms with E-state index in [2.05, 4.69) is 17.8 Å². The molecule has 39 heavy (non-hydrogen) atoms. The van der Waals surface area contributed by atoms with Crippen molar-refractivity contribution in [2.75, 3.05) is 18.6 Å². The lowest BCUT2D eigenvalue weighted by Gasteiger charge is -2.26. The molecule has 1 aliphatic rings. The highest BCUT2D eigenvalue weighted by Gasteiger charge is 2.37. The Bertz CT molecular complexity index is 1470. The number of nitrogens with zero attached hydrogens (tertiary/aromatic N) is 1. The first-order valence-corrected chi connectivity index (χ1v) is 12.0. The molecule has 1 saturated heterocycles. The first-order valence-electron chi connectivity index (χ1n) is 12.0. The monoisotopic (exact) mass is 522 g/mol. The van der Waals surface area contributed by atoms with Crippen LogP contribution in [0.3, 0.4) is 0 Å². The van der Waals surface area contributed by atoms with Crippen LogP contribution in [0.5, 0.6) is 17.2 Å².